The van der Waals surface area contributed by atoms with Crippen LogP contribution in [0.5, 0.6) is 0 Å². The Morgan fingerprint density at radius 1 is 1.19 bits per heavy atom. The number of aryl methyl sites for hydroxylation is 1. The lowest BCUT2D eigenvalue weighted by atomic mass is 10.3. The van der Waals surface area contributed by atoms with Crippen molar-refractivity contribution in [1.29, 1.82) is 0 Å². The van der Waals surface area contributed by atoms with Crippen molar-refractivity contribution in [1.82, 2.24) is 4.57 Å². The highest BCUT2D eigenvalue weighted by molar-refractivity contribution is 7.92. The Balaban J connectivity index is 2.32. The number of sulfonamides is 1. The maximum atomic E-state index is 12.2. The van der Waals surface area contributed by atoms with Gasteiger partial charge in [0.1, 0.15) is 4.21 Å². The zero-order valence-electron chi connectivity index (χ0n) is 10.6. The number of nitrogens with zero attached hydrogens (tertiary/aromatic N) is 2. The van der Waals surface area contributed by atoms with Crippen molar-refractivity contribution in [2.24, 2.45) is 11.4 Å². The second kappa shape index (κ2) is 5.40. The number of hydrogen-bond acceptors (Lipinski definition) is 4. The van der Waals surface area contributed by atoms with Crippen molar-refractivity contribution < 1.29 is 8.42 Å². The van der Waals surface area contributed by atoms with E-state index >= 15 is 0 Å². The molecule has 9 heteroatoms. The number of thiazole rings is 1. The number of thiophene rings is 1. The second-order valence-corrected chi connectivity index (χ2v) is 8.72. The maximum Gasteiger partial charge on any atom is 0.294 e. The van der Waals surface area contributed by atoms with E-state index in [1.54, 1.807) is 35.2 Å². The lowest BCUT2D eigenvalue weighted by Gasteiger charge is -1.99. The van der Waals surface area contributed by atoms with Crippen LogP contribution in [0.25, 0.3) is 10.2 Å². The molecule has 0 fully saturated rings. The lowest BCUT2D eigenvalue weighted by Crippen LogP contribution is -2.13. The quantitative estimate of drug-likeness (QED) is 0.678. The second-order valence-electron chi connectivity index (χ2n) is 4.15. The van der Waals surface area contributed by atoms with Crippen LogP contribution in [0.4, 0.5) is 0 Å². The molecule has 0 amide bonds. The van der Waals surface area contributed by atoms with E-state index in [9.17, 15) is 8.42 Å². The third kappa shape index (κ3) is 2.64. The van der Waals surface area contributed by atoms with Crippen molar-refractivity contribution in [3.8, 4) is 0 Å². The molecule has 0 atom stereocenters. The van der Waals surface area contributed by atoms with E-state index in [1.807, 2.05) is 0 Å². The third-order valence-electron chi connectivity index (χ3n) is 2.80. The fourth-order valence-electron chi connectivity index (χ4n) is 1.83. The number of benzene rings is 1. The topological polar surface area (TPSA) is 51.4 Å². The predicted octanol–water partition coefficient (Wildman–Crippen LogP) is 3.90. The van der Waals surface area contributed by atoms with E-state index in [2.05, 4.69) is 4.40 Å². The van der Waals surface area contributed by atoms with Crippen LogP contribution in [0.15, 0.2) is 38.3 Å². The fourth-order valence-corrected chi connectivity index (χ4v) is 5.68. The molecule has 2 aromatic heterocycles. The van der Waals surface area contributed by atoms with Gasteiger partial charge in [0.05, 0.1) is 20.3 Å². The first-order chi connectivity index (χ1) is 9.90. The summed E-state index contributed by atoms with van der Waals surface area (Å²) >= 11 is 14.6. The summed E-state index contributed by atoms with van der Waals surface area (Å²) in [4.78, 5) is 0.327. The molecule has 4 nitrogen and oxygen atoms in total. The Labute approximate surface area is 139 Å². The van der Waals surface area contributed by atoms with Crippen LogP contribution >= 0.6 is 45.9 Å². The summed E-state index contributed by atoms with van der Waals surface area (Å²) in [5.74, 6) is 0. The summed E-state index contributed by atoms with van der Waals surface area (Å²) in [6.07, 6.45) is 0. The first kappa shape index (κ1) is 15.1. The molecule has 0 spiro atoms. The number of rotatable bonds is 2. The first-order valence-electron chi connectivity index (χ1n) is 5.68. The monoisotopic (exact) mass is 378 g/mol. The molecule has 0 aliphatic carbocycles. The van der Waals surface area contributed by atoms with Crippen LogP contribution < -0.4 is 4.80 Å². The lowest BCUT2D eigenvalue weighted by molar-refractivity contribution is 0.598. The van der Waals surface area contributed by atoms with Gasteiger partial charge in [-0.1, -0.05) is 40.6 Å². The van der Waals surface area contributed by atoms with Gasteiger partial charge in [-0.3, -0.25) is 0 Å². The largest absolute Gasteiger partial charge is 0.318 e. The molecule has 3 aromatic rings. The average Bonchev–Trinajstić information content (AvgIpc) is 3.04. The minimum atomic E-state index is -3.72. The fraction of sp³-hybridized carbons (Fsp3) is 0.0833. The van der Waals surface area contributed by atoms with Gasteiger partial charge >= 0.3 is 0 Å². The molecule has 1 aromatic carbocycles. The van der Waals surface area contributed by atoms with Gasteiger partial charge in [-0.15, -0.1) is 15.7 Å². The van der Waals surface area contributed by atoms with Crippen LogP contribution in [0.1, 0.15) is 0 Å². The number of halogens is 2. The molecule has 0 saturated carbocycles. The van der Waals surface area contributed by atoms with Crippen molar-refractivity contribution in [2.45, 2.75) is 4.21 Å². The molecule has 3 rings (SSSR count). The van der Waals surface area contributed by atoms with E-state index < -0.39 is 10.0 Å². The van der Waals surface area contributed by atoms with Crippen molar-refractivity contribution in [2.75, 3.05) is 0 Å². The predicted molar refractivity (Wildman–Crippen MR) is 87.9 cm³/mol. The molecular weight excluding hydrogens is 371 g/mol. The van der Waals surface area contributed by atoms with Crippen LogP contribution in [-0.2, 0) is 17.1 Å². The van der Waals surface area contributed by atoms with Crippen LogP contribution in [-0.4, -0.2) is 13.0 Å². The van der Waals surface area contributed by atoms with Gasteiger partial charge in [-0.05, 0) is 23.6 Å². The summed E-state index contributed by atoms with van der Waals surface area (Å²) in [5.41, 5.74) is 0.675. The van der Waals surface area contributed by atoms with Crippen LogP contribution in [0.3, 0.4) is 0 Å². The van der Waals surface area contributed by atoms with Crippen LogP contribution in [0, 0.1) is 0 Å². The molecule has 0 aliphatic heterocycles. The SMILES string of the molecule is Cn1/c(=N/S(=O)(=O)c2cccs2)sc2c(Cl)ccc(Cl)c21. The molecule has 0 N–H and O–H groups in total. The molecule has 21 heavy (non-hydrogen) atoms. The summed E-state index contributed by atoms with van der Waals surface area (Å²) in [6.45, 7) is 0. The van der Waals surface area contributed by atoms with E-state index in [0.717, 1.165) is 11.3 Å². The zero-order valence-corrected chi connectivity index (χ0v) is 14.5. The Morgan fingerprint density at radius 3 is 2.52 bits per heavy atom. The summed E-state index contributed by atoms with van der Waals surface area (Å²) in [5, 5.41) is 2.72. The molecule has 0 radical (unpaired) electrons. The van der Waals surface area contributed by atoms with Crippen molar-refractivity contribution in [3.05, 3.63) is 44.5 Å². The average molecular weight is 379 g/mol. The highest BCUT2D eigenvalue weighted by atomic mass is 35.5. The van der Waals surface area contributed by atoms with Gasteiger partial charge in [-0.25, -0.2) is 0 Å². The molecule has 0 bridgehead atoms. The van der Waals surface area contributed by atoms with Gasteiger partial charge in [0, 0.05) is 7.05 Å². The van der Waals surface area contributed by atoms with E-state index in [1.165, 1.54) is 17.4 Å². The molecule has 0 saturated heterocycles. The Bertz CT molecular complexity index is 986. The van der Waals surface area contributed by atoms with Gasteiger partial charge in [0.15, 0.2) is 0 Å². The van der Waals surface area contributed by atoms with Gasteiger partial charge in [-0.2, -0.15) is 8.42 Å². The maximum absolute atomic E-state index is 12.2. The van der Waals surface area contributed by atoms with E-state index in [-0.39, 0.29) is 4.21 Å². The Morgan fingerprint density at radius 2 is 1.90 bits per heavy atom. The third-order valence-corrected chi connectivity index (χ3v) is 7.45. The Kier molecular flexibility index (Phi) is 3.87. The van der Waals surface area contributed by atoms with E-state index in [0.29, 0.717) is 25.1 Å². The summed E-state index contributed by atoms with van der Waals surface area (Å²) in [7, 11) is -2.01. The van der Waals surface area contributed by atoms with Gasteiger partial charge in [0.25, 0.3) is 10.0 Å². The van der Waals surface area contributed by atoms with Gasteiger partial charge in [0.2, 0.25) is 4.80 Å². The summed E-state index contributed by atoms with van der Waals surface area (Å²) < 4.78 is 30.9. The molecular formula is C12H8Cl2N2O2S3. The molecule has 2 heterocycles. The van der Waals surface area contributed by atoms with E-state index in [4.69, 9.17) is 23.2 Å². The van der Waals surface area contributed by atoms with Crippen molar-refractivity contribution in [3.63, 3.8) is 0 Å². The standard InChI is InChI=1S/C12H8Cl2N2O2S3/c1-16-10-7(13)4-5-8(14)11(10)20-12(16)15-21(17,18)9-3-2-6-19-9/h2-6H,1H3/b15-12-. The molecule has 110 valence electrons. The highest BCUT2D eigenvalue weighted by Gasteiger charge is 2.16. The number of hydrogen-bond donors (Lipinski definition) is 0. The number of fused-ring (bicyclic) bond motifs is 1. The highest BCUT2D eigenvalue weighted by Crippen LogP contribution is 2.31. The molecule has 0 aliphatic rings. The van der Waals surface area contributed by atoms with Crippen LogP contribution in [0.2, 0.25) is 10.0 Å². The zero-order chi connectivity index (χ0) is 15.2. The van der Waals surface area contributed by atoms with Crippen molar-refractivity contribution >= 4 is 66.1 Å². The smallest absolute Gasteiger partial charge is 0.294 e. The number of aromatic nitrogens is 1. The molecule has 0 unspecified atom stereocenters. The minimum Gasteiger partial charge on any atom is -0.318 e. The summed E-state index contributed by atoms with van der Waals surface area (Å²) in [6, 6.07) is 6.55. The first-order valence-corrected chi connectivity index (χ1v) is 9.57. The van der Waals surface area contributed by atoms with Gasteiger partial charge < -0.3 is 4.57 Å². The Hall–Kier alpha value is -0.860. The minimum absolute atomic E-state index is 0.206. The normalized spacial score (nSPS) is 13.2.